The molecule has 0 saturated heterocycles. The van der Waals surface area contributed by atoms with Gasteiger partial charge in [0.25, 0.3) is 0 Å². The Hall–Kier alpha value is -6.07. The lowest BCUT2D eigenvalue weighted by molar-refractivity contribution is 0.477. The number of para-hydroxylation sites is 4. The van der Waals surface area contributed by atoms with Crippen molar-refractivity contribution in [3.05, 3.63) is 216 Å². The first-order valence-corrected chi connectivity index (χ1v) is 20.4. The smallest absolute Gasteiger partial charge is 0.155 e. The Balaban J connectivity index is 1.13. The van der Waals surface area contributed by atoms with E-state index >= 15 is 0 Å². The molecule has 0 unspecified atom stereocenters. The lowest BCUT2D eigenvalue weighted by Crippen LogP contribution is -2.62. The monoisotopic (exact) mass is 710 g/mol. The number of rotatable bonds is 3. The van der Waals surface area contributed by atoms with Crippen molar-refractivity contribution in [2.75, 3.05) is 4.90 Å². The van der Waals surface area contributed by atoms with Gasteiger partial charge < -0.3 is 9.64 Å². The SMILES string of the molecule is c1ccc([Si]2c3ccccc3C3(c4ccccc4Sc4ccccc43)c3cc(-c4ccc(N5c6ccccc6Oc6ccccc65)cc4)ccc32)cc1. The highest BCUT2D eigenvalue weighted by atomic mass is 32.2. The van der Waals surface area contributed by atoms with Crippen molar-refractivity contribution in [1.29, 1.82) is 0 Å². The van der Waals surface area contributed by atoms with Crippen molar-refractivity contribution >= 4 is 53.2 Å². The summed E-state index contributed by atoms with van der Waals surface area (Å²) in [6.07, 6.45) is 0. The van der Waals surface area contributed by atoms with Gasteiger partial charge in [-0.15, -0.1) is 0 Å². The molecule has 1 radical (unpaired) electrons. The average Bonchev–Trinajstić information content (AvgIpc) is 3.23. The molecule has 11 rings (SSSR count). The first-order chi connectivity index (χ1) is 26.3. The molecular formula is C49H32NOSSi. The van der Waals surface area contributed by atoms with Crippen LogP contribution in [-0.2, 0) is 5.41 Å². The van der Waals surface area contributed by atoms with Gasteiger partial charge in [0.1, 0.15) is 0 Å². The first kappa shape index (κ1) is 30.5. The van der Waals surface area contributed by atoms with Crippen LogP contribution in [0, 0.1) is 0 Å². The molecule has 0 bridgehead atoms. The zero-order chi connectivity index (χ0) is 34.9. The van der Waals surface area contributed by atoms with E-state index < -0.39 is 14.2 Å². The number of hydrogen-bond acceptors (Lipinski definition) is 3. The fraction of sp³-hybridized carbons (Fsp3) is 0.0204. The zero-order valence-corrected chi connectivity index (χ0v) is 30.6. The minimum Gasteiger partial charge on any atom is -0.453 e. The fourth-order valence-corrected chi connectivity index (χ4v) is 13.1. The summed E-state index contributed by atoms with van der Waals surface area (Å²) in [5, 5.41) is 4.34. The van der Waals surface area contributed by atoms with Crippen LogP contribution in [0.5, 0.6) is 11.5 Å². The molecule has 0 aliphatic carbocycles. The van der Waals surface area contributed by atoms with Gasteiger partial charge in [-0.05, 0) is 98.4 Å². The Morgan fingerprint density at radius 3 is 1.64 bits per heavy atom. The fourth-order valence-electron chi connectivity index (χ4n) is 8.85. The summed E-state index contributed by atoms with van der Waals surface area (Å²) in [5.74, 6) is 1.72. The molecular weight excluding hydrogens is 679 g/mol. The summed E-state index contributed by atoms with van der Waals surface area (Å²) in [4.78, 5) is 4.95. The lowest BCUT2D eigenvalue weighted by Gasteiger charge is -2.48. The van der Waals surface area contributed by atoms with Crippen LogP contribution in [-0.4, -0.2) is 8.80 Å². The molecule has 8 aromatic carbocycles. The van der Waals surface area contributed by atoms with Gasteiger partial charge >= 0.3 is 0 Å². The molecule has 0 fully saturated rings. The maximum absolute atomic E-state index is 6.30. The van der Waals surface area contributed by atoms with Crippen molar-refractivity contribution in [3.63, 3.8) is 0 Å². The maximum atomic E-state index is 6.30. The Kier molecular flexibility index (Phi) is 6.91. The van der Waals surface area contributed by atoms with Crippen LogP contribution >= 0.6 is 11.8 Å². The van der Waals surface area contributed by atoms with Crippen molar-refractivity contribution in [1.82, 2.24) is 0 Å². The van der Waals surface area contributed by atoms with E-state index in [0.717, 1.165) is 28.6 Å². The topological polar surface area (TPSA) is 12.5 Å². The quantitative estimate of drug-likeness (QED) is 0.169. The van der Waals surface area contributed by atoms with Crippen molar-refractivity contribution in [3.8, 4) is 22.6 Å². The molecule has 53 heavy (non-hydrogen) atoms. The number of hydrogen-bond donors (Lipinski definition) is 0. The van der Waals surface area contributed by atoms with E-state index in [0.29, 0.717) is 0 Å². The highest BCUT2D eigenvalue weighted by Gasteiger charge is 2.51. The van der Waals surface area contributed by atoms with Crippen LogP contribution in [0.15, 0.2) is 204 Å². The molecule has 3 heterocycles. The minimum atomic E-state index is -1.32. The van der Waals surface area contributed by atoms with Gasteiger partial charge in [0.15, 0.2) is 20.3 Å². The molecule has 0 amide bonds. The van der Waals surface area contributed by atoms with E-state index in [9.17, 15) is 0 Å². The molecule has 0 aromatic heterocycles. The number of fused-ring (bicyclic) bond motifs is 10. The van der Waals surface area contributed by atoms with Gasteiger partial charge in [-0.1, -0.05) is 156 Å². The van der Waals surface area contributed by atoms with Gasteiger partial charge in [0.2, 0.25) is 0 Å². The van der Waals surface area contributed by atoms with Crippen LogP contribution in [0.1, 0.15) is 22.3 Å². The molecule has 8 aromatic rings. The molecule has 249 valence electrons. The molecule has 4 heteroatoms. The second kappa shape index (κ2) is 12.0. The summed E-state index contributed by atoms with van der Waals surface area (Å²) in [5.41, 5.74) is 10.7. The minimum absolute atomic E-state index is 0.454. The molecule has 3 aliphatic heterocycles. The molecule has 2 nitrogen and oxygen atoms in total. The van der Waals surface area contributed by atoms with Gasteiger partial charge in [-0.2, -0.15) is 0 Å². The van der Waals surface area contributed by atoms with E-state index in [-0.39, 0.29) is 0 Å². The Morgan fingerprint density at radius 2 is 0.962 bits per heavy atom. The summed E-state index contributed by atoms with van der Waals surface area (Å²) in [6.45, 7) is 0. The van der Waals surface area contributed by atoms with Crippen LogP contribution in [0.25, 0.3) is 11.1 Å². The Morgan fingerprint density at radius 1 is 0.434 bits per heavy atom. The zero-order valence-electron chi connectivity index (χ0n) is 28.7. The molecule has 0 saturated carbocycles. The van der Waals surface area contributed by atoms with E-state index in [1.807, 2.05) is 36.0 Å². The predicted molar refractivity (Wildman–Crippen MR) is 220 cm³/mol. The van der Waals surface area contributed by atoms with E-state index in [2.05, 4.69) is 175 Å². The van der Waals surface area contributed by atoms with Crippen LogP contribution in [0.4, 0.5) is 17.1 Å². The third kappa shape index (κ3) is 4.53. The number of anilines is 3. The normalized spacial score (nSPS) is 14.5. The first-order valence-electron chi connectivity index (χ1n) is 18.1. The van der Waals surface area contributed by atoms with E-state index in [1.165, 1.54) is 58.7 Å². The average molecular weight is 711 g/mol. The van der Waals surface area contributed by atoms with Crippen LogP contribution in [0.2, 0.25) is 0 Å². The summed E-state index contributed by atoms with van der Waals surface area (Å²) in [7, 11) is -1.32. The summed E-state index contributed by atoms with van der Waals surface area (Å²) < 4.78 is 6.30. The Bertz CT molecular complexity index is 2620. The van der Waals surface area contributed by atoms with Crippen molar-refractivity contribution < 1.29 is 4.74 Å². The number of nitrogens with zero attached hydrogens (tertiary/aromatic N) is 1. The molecule has 3 aliphatic rings. The molecule has 0 N–H and O–H groups in total. The van der Waals surface area contributed by atoms with E-state index in [4.69, 9.17) is 4.74 Å². The summed E-state index contributed by atoms with van der Waals surface area (Å²) >= 11 is 1.90. The predicted octanol–water partition coefficient (Wildman–Crippen LogP) is 10.6. The Labute approximate surface area is 315 Å². The van der Waals surface area contributed by atoms with Gasteiger partial charge in [-0.25, -0.2) is 0 Å². The van der Waals surface area contributed by atoms with Gasteiger partial charge in [0.05, 0.1) is 16.8 Å². The second-order valence-electron chi connectivity index (χ2n) is 13.8. The van der Waals surface area contributed by atoms with Crippen LogP contribution in [0.3, 0.4) is 0 Å². The van der Waals surface area contributed by atoms with E-state index in [1.54, 1.807) is 0 Å². The maximum Gasteiger partial charge on any atom is 0.155 e. The largest absolute Gasteiger partial charge is 0.453 e. The number of ether oxygens (including phenoxy) is 1. The standard InChI is InChI=1S/C49H32NOSSi/c1-2-14-36(15-3-1)53-47-25-13-6-18-39(47)49(37-16-4-11-23-45(37)52-46-24-12-5-17-38(46)49)40-32-34(28-31-48(40)53)33-26-29-35(30-27-33)50-41-19-7-9-21-43(41)51-44-22-10-8-20-42(44)50/h1-32H. The molecule has 0 atom stereocenters. The lowest BCUT2D eigenvalue weighted by atomic mass is 9.64. The number of benzene rings is 8. The second-order valence-corrected chi connectivity index (χ2v) is 17.3. The highest BCUT2D eigenvalue weighted by molar-refractivity contribution is 7.99. The van der Waals surface area contributed by atoms with Crippen LogP contribution < -0.4 is 25.2 Å². The summed E-state index contributed by atoms with van der Waals surface area (Å²) in [6, 6.07) is 71.6. The molecule has 1 spiro atoms. The third-order valence-corrected chi connectivity index (χ3v) is 15.1. The third-order valence-electron chi connectivity index (χ3n) is 11.0. The van der Waals surface area contributed by atoms with Gasteiger partial charge in [-0.3, -0.25) is 0 Å². The highest BCUT2D eigenvalue weighted by Crippen LogP contribution is 2.56. The van der Waals surface area contributed by atoms with Crippen molar-refractivity contribution in [2.45, 2.75) is 15.2 Å². The van der Waals surface area contributed by atoms with Gasteiger partial charge in [0, 0.05) is 15.5 Å². The van der Waals surface area contributed by atoms with Crippen molar-refractivity contribution in [2.24, 2.45) is 0 Å².